The van der Waals surface area contributed by atoms with Crippen LogP contribution in [-0.4, -0.2) is 100 Å². The Bertz CT molecular complexity index is 2080. The van der Waals surface area contributed by atoms with Crippen molar-refractivity contribution < 1.29 is 33.2 Å². The highest BCUT2D eigenvalue weighted by Gasteiger charge is 2.51. The zero-order chi connectivity index (χ0) is 38.0. The minimum atomic E-state index is -1.17. The van der Waals surface area contributed by atoms with Crippen LogP contribution in [0.2, 0.25) is 0 Å². The van der Waals surface area contributed by atoms with Gasteiger partial charge in [0.2, 0.25) is 0 Å². The first kappa shape index (κ1) is 36.9. The minimum absolute atomic E-state index is 0.0125. The first-order valence-electron chi connectivity index (χ1n) is 20.4. The number of likely N-dealkylation sites (tertiary alicyclic amines) is 1. The van der Waals surface area contributed by atoms with E-state index in [1.807, 2.05) is 11.8 Å². The van der Waals surface area contributed by atoms with Gasteiger partial charge in [-0.3, -0.25) is 9.88 Å². The molecule has 5 fully saturated rings. The Morgan fingerprint density at radius 1 is 0.964 bits per heavy atom. The van der Waals surface area contributed by atoms with E-state index >= 15 is 8.78 Å². The zero-order valence-electron chi connectivity index (χ0n) is 32.1. The van der Waals surface area contributed by atoms with Gasteiger partial charge in [-0.15, -0.1) is 0 Å². The quantitative estimate of drug-likeness (QED) is 0.199. The molecule has 0 radical (unpaired) electrons. The fourth-order valence-electron chi connectivity index (χ4n) is 10.9. The highest BCUT2D eigenvalue weighted by molar-refractivity contribution is 6.01. The van der Waals surface area contributed by atoms with Crippen LogP contribution >= 0.6 is 0 Å². The molecular formula is C43H53F2N5O5. The number of hydrogen-bond donors (Lipinski definition) is 2. The van der Waals surface area contributed by atoms with Crippen molar-refractivity contribution in [3.05, 3.63) is 47.7 Å². The monoisotopic (exact) mass is 757 g/mol. The van der Waals surface area contributed by atoms with Gasteiger partial charge in [-0.25, -0.2) is 8.78 Å². The van der Waals surface area contributed by atoms with E-state index in [2.05, 4.69) is 9.88 Å². The van der Waals surface area contributed by atoms with E-state index in [0.29, 0.717) is 71.2 Å². The average Bonchev–Trinajstić information content (AvgIpc) is 3.78. The van der Waals surface area contributed by atoms with Gasteiger partial charge in [-0.05, 0) is 118 Å². The Kier molecular flexibility index (Phi) is 9.62. The van der Waals surface area contributed by atoms with Crippen LogP contribution in [0.25, 0.3) is 32.9 Å². The molecule has 2 aromatic heterocycles. The molecule has 0 amide bonds. The van der Waals surface area contributed by atoms with Crippen LogP contribution in [0.4, 0.5) is 14.6 Å². The van der Waals surface area contributed by atoms with Crippen molar-refractivity contribution in [1.82, 2.24) is 19.9 Å². The third-order valence-electron chi connectivity index (χ3n) is 13.7. The van der Waals surface area contributed by atoms with E-state index in [9.17, 15) is 10.2 Å². The van der Waals surface area contributed by atoms with E-state index in [0.717, 1.165) is 51.9 Å². The standard InChI is InChI=1S/C43H53F2N5O5/c1-3-30-33(44)8-7-27-20-29(51)21-31(35(27)30)37-36(45)38-32(22-46-37)39(49-17-19-54-24-41(2,52)23-49)48-40(47-38)55-26-43-11-4-6-34(43)50(16-5-12-43)28-9-13-42(14-10-28)15-18-53-25-42/h7-8,20-22,28,34,51-52H,3-6,9-19,23-26H2,1-2H3. The minimum Gasteiger partial charge on any atom is -0.508 e. The first-order valence-corrected chi connectivity index (χ1v) is 20.4. The number of ether oxygens (including phenoxy) is 3. The molecule has 55 heavy (non-hydrogen) atoms. The molecule has 294 valence electrons. The van der Waals surface area contributed by atoms with Gasteiger partial charge < -0.3 is 29.3 Å². The summed E-state index contributed by atoms with van der Waals surface area (Å²) in [5.41, 5.74) is -0.181. The molecule has 9 rings (SSSR count). The van der Waals surface area contributed by atoms with Crippen molar-refractivity contribution in [2.24, 2.45) is 10.8 Å². The zero-order valence-corrected chi connectivity index (χ0v) is 32.1. The normalized spacial score (nSPS) is 30.3. The molecule has 2 aliphatic carbocycles. The van der Waals surface area contributed by atoms with E-state index in [1.54, 1.807) is 19.1 Å². The number of piperidine rings is 1. The lowest BCUT2D eigenvalue weighted by atomic mass is 9.69. The molecule has 2 aromatic carbocycles. The average molecular weight is 758 g/mol. The van der Waals surface area contributed by atoms with Crippen molar-refractivity contribution in [3.8, 4) is 23.0 Å². The van der Waals surface area contributed by atoms with Crippen LogP contribution < -0.4 is 9.64 Å². The summed E-state index contributed by atoms with van der Waals surface area (Å²) in [7, 11) is 0. The second-order valence-electron chi connectivity index (χ2n) is 17.4. The largest absolute Gasteiger partial charge is 0.508 e. The number of benzene rings is 2. The molecule has 4 aromatic rings. The SMILES string of the molecule is CCc1c(F)ccc2cc(O)cc(-c3ncc4c(N5CCOCC(C)(O)C5)nc(OCC56CCCC5N(C5CCC7(CCOC7)CC5)CCC6)nc4c3F)c12. The van der Waals surface area contributed by atoms with Crippen LogP contribution in [0.15, 0.2) is 30.5 Å². The van der Waals surface area contributed by atoms with Crippen LogP contribution in [0.3, 0.4) is 0 Å². The fourth-order valence-corrected chi connectivity index (χ4v) is 10.9. The Morgan fingerprint density at radius 3 is 2.58 bits per heavy atom. The van der Waals surface area contributed by atoms with Gasteiger partial charge in [-0.2, -0.15) is 9.97 Å². The predicted octanol–water partition coefficient (Wildman–Crippen LogP) is 7.34. The molecule has 1 spiro atoms. The highest BCUT2D eigenvalue weighted by Crippen LogP contribution is 2.52. The smallest absolute Gasteiger partial charge is 0.319 e. The summed E-state index contributed by atoms with van der Waals surface area (Å²) in [4.78, 5) is 19.0. The Hall–Kier alpha value is -3.71. The molecule has 5 aliphatic rings. The molecule has 3 unspecified atom stereocenters. The molecule has 12 heteroatoms. The predicted molar refractivity (Wildman–Crippen MR) is 207 cm³/mol. The number of phenolic OH excluding ortho intramolecular Hbond substituents is 1. The number of aliphatic hydroxyl groups is 1. The van der Waals surface area contributed by atoms with Crippen LogP contribution in [0.5, 0.6) is 11.8 Å². The number of halogens is 2. The van der Waals surface area contributed by atoms with Crippen molar-refractivity contribution >= 4 is 27.5 Å². The van der Waals surface area contributed by atoms with E-state index in [-0.39, 0.29) is 47.1 Å². The number of nitrogens with zero attached hydrogens (tertiary/aromatic N) is 5. The summed E-state index contributed by atoms with van der Waals surface area (Å²) in [6, 6.07) is 7.00. The van der Waals surface area contributed by atoms with E-state index in [4.69, 9.17) is 24.2 Å². The molecule has 10 nitrogen and oxygen atoms in total. The summed E-state index contributed by atoms with van der Waals surface area (Å²) < 4.78 is 50.6. The van der Waals surface area contributed by atoms with Crippen molar-refractivity contribution in [1.29, 1.82) is 0 Å². The molecule has 5 heterocycles. The summed E-state index contributed by atoms with van der Waals surface area (Å²) in [6.07, 6.45) is 13.5. The molecular weight excluding hydrogens is 704 g/mol. The van der Waals surface area contributed by atoms with Crippen molar-refractivity contribution in [2.75, 3.05) is 57.6 Å². The lowest BCUT2D eigenvalue weighted by Gasteiger charge is -2.51. The number of fused-ring (bicyclic) bond motifs is 3. The van der Waals surface area contributed by atoms with Crippen LogP contribution in [0, 0.1) is 22.5 Å². The number of aromatic hydroxyl groups is 1. The van der Waals surface area contributed by atoms with Crippen LogP contribution in [0.1, 0.15) is 83.6 Å². The molecule has 3 atom stereocenters. The highest BCUT2D eigenvalue weighted by atomic mass is 19.1. The number of pyridine rings is 1. The van der Waals surface area contributed by atoms with Gasteiger partial charge in [0.15, 0.2) is 5.82 Å². The third kappa shape index (κ3) is 6.70. The second kappa shape index (κ2) is 14.3. The number of phenols is 1. The van der Waals surface area contributed by atoms with Gasteiger partial charge in [0.25, 0.3) is 0 Å². The maximum absolute atomic E-state index is 17.2. The fraction of sp³-hybridized carbons (Fsp3) is 0.605. The number of β-amino-alcohol motifs (C(OH)–C–C–N with tert-alkyl or cyclic N) is 1. The Balaban J connectivity index is 1.09. The van der Waals surface area contributed by atoms with Gasteiger partial charge in [-0.1, -0.05) is 19.4 Å². The van der Waals surface area contributed by atoms with Crippen LogP contribution in [-0.2, 0) is 15.9 Å². The third-order valence-corrected chi connectivity index (χ3v) is 13.7. The summed E-state index contributed by atoms with van der Waals surface area (Å²) in [6.45, 7) is 8.03. The van der Waals surface area contributed by atoms with Crippen molar-refractivity contribution in [2.45, 2.75) is 102 Å². The maximum atomic E-state index is 17.2. The lowest BCUT2D eigenvalue weighted by Crippen LogP contribution is -2.56. The molecule has 3 saturated heterocycles. The summed E-state index contributed by atoms with van der Waals surface area (Å²) in [5, 5.41) is 23.3. The number of aryl methyl sites for hydroxylation is 1. The van der Waals surface area contributed by atoms with Gasteiger partial charge in [0.1, 0.15) is 34.2 Å². The Labute approximate surface area is 321 Å². The Morgan fingerprint density at radius 2 is 1.78 bits per heavy atom. The molecule has 3 aliphatic heterocycles. The topological polar surface area (TPSA) is 113 Å². The number of aromatic nitrogens is 3. The van der Waals surface area contributed by atoms with Crippen molar-refractivity contribution in [3.63, 3.8) is 0 Å². The number of rotatable bonds is 7. The lowest BCUT2D eigenvalue weighted by molar-refractivity contribution is -0.0405. The number of hydrogen-bond acceptors (Lipinski definition) is 10. The van der Waals surface area contributed by atoms with Gasteiger partial charge in [0.05, 0.1) is 38.4 Å². The maximum Gasteiger partial charge on any atom is 0.319 e. The van der Waals surface area contributed by atoms with Gasteiger partial charge >= 0.3 is 6.01 Å². The molecule has 2 N–H and O–H groups in total. The van der Waals surface area contributed by atoms with E-state index < -0.39 is 17.2 Å². The second-order valence-corrected chi connectivity index (χ2v) is 17.4. The molecule has 0 bridgehead atoms. The first-order chi connectivity index (χ1) is 26.6. The number of anilines is 1. The van der Waals surface area contributed by atoms with E-state index in [1.165, 1.54) is 50.4 Å². The summed E-state index contributed by atoms with van der Waals surface area (Å²) in [5.74, 6) is -0.794. The molecule has 2 saturated carbocycles. The van der Waals surface area contributed by atoms with Gasteiger partial charge in [0, 0.05) is 42.4 Å². The summed E-state index contributed by atoms with van der Waals surface area (Å²) >= 11 is 0.